The van der Waals surface area contributed by atoms with Crippen molar-refractivity contribution in [3.05, 3.63) is 0 Å². The molecule has 1 aliphatic heterocycles. The molecule has 1 rings (SSSR count). The van der Waals surface area contributed by atoms with Gasteiger partial charge in [-0.05, 0) is 0 Å². The van der Waals surface area contributed by atoms with E-state index in [-0.39, 0.29) is 11.8 Å². The highest BCUT2D eigenvalue weighted by Crippen LogP contribution is 2.11. The Hall–Kier alpha value is -0.0200. The van der Waals surface area contributed by atoms with Crippen LogP contribution in [-0.4, -0.2) is 23.3 Å². The second kappa shape index (κ2) is 1.84. The van der Waals surface area contributed by atoms with Crippen LogP contribution in [0.3, 0.4) is 0 Å². The van der Waals surface area contributed by atoms with Gasteiger partial charge in [0.05, 0.1) is 11.8 Å². The first-order valence-electron chi connectivity index (χ1n) is 2.17. The van der Waals surface area contributed by atoms with Crippen LogP contribution in [0.5, 0.6) is 0 Å². The van der Waals surface area contributed by atoms with Crippen molar-refractivity contribution in [2.75, 3.05) is 11.5 Å². The summed E-state index contributed by atoms with van der Waals surface area (Å²) in [6, 6.07) is -0.162. The normalized spacial score (nSPS) is 31.6. The van der Waals surface area contributed by atoms with E-state index in [9.17, 15) is 4.79 Å². The van der Waals surface area contributed by atoms with E-state index in [1.807, 2.05) is 0 Å². The molecule has 7 heavy (non-hydrogen) atoms. The summed E-state index contributed by atoms with van der Waals surface area (Å²) in [4.78, 5) is 10.4. The Balaban J connectivity index is 2.48. The highest BCUT2D eigenvalue weighted by atomic mass is 32.2. The smallest absolute Gasteiger partial charge is 0.160 e. The van der Waals surface area contributed by atoms with E-state index in [4.69, 9.17) is 5.73 Å². The summed E-state index contributed by atoms with van der Waals surface area (Å²) < 4.78 is 0. The largest absolute Gasteiger partial charge is 0.321 e. The van der Waals surface area contributed by atoms with Crippen LogP contribution in [0.1, 0.15) is 0 Å². The third-order valence-electron chi connectivity index (χ3n) is 0.955. The monoisotopic (exact) mass is 117 g/mol. The Morgan fingerprint density at radius 2 is 2.57 bits per heavy atom. The highest BCUT2D eigenvalue weighted by molar-refractivity contribution is 8.00. The summed E-state index contributed by atoms with van der Waals surface area (Å²) in [5.74, 6) is 1.64. The van der Waals surface area contributed by atoms with Gasteiger partial charge in [-0.15, -0.1) is 0 Å². The third kappa shape index (κ3) is 0.951. The minimum absolute atomic E-state index is 0.162. The van der Waals surface area contributed by atoms with Crippen molar-refractivity contribution < 1.29 is 4.79 Å². The van der Waals surface area contributed by atoms with Gasteiger partial charge in [0.1, 0.15) is 0 Å². The Morgan fingerprint density at radius 1 is 1.86 bits per heavy atom. The van der Waals surface area contributed by atoms with E-state index in [0.717, 1.165) is 5.75 Å². The minimum Gasteiger partial charge on any atom is -0.321 e. The molecule has 1 unspecified atom stereocenters. The predicted octanol–water partition coefficient (Wildman–Crippen LogP) is -0.370. The van der Waals surface area contributed by atoms with Crippen LogP contribution in [0.2, 0.25) is 0 Å². The first-order valence-corrected chi connectivity index (χ1v) is 3.32. The van der Waals surface area contributed by atoms with E-state index in [1.54, 1.807) is 11.8 Å². The van der Waals surface area contributed by atoms with Crippen LogP contribution in [0, 0.1) is 0 Å². The average molecular weight is 117 g/mol. The van der Waals surface area contributed by atoms with E-state index >= 15 is 0 Å². The van der Waals surface area contributed by atoms with Crippen molar-refractivity contribution in [1.29, 1.82) is 0 Å². The molecule has 0 amide bonds. The Bertz CT molecular complexity index is 93.7. The van der Waals surface area contributed by atoms with Crippen LogP contribution >= 0.6 is 11.8 Å². The lowest BCUT2D eigenvalue weighted by atomic mass is 10.3. The van der Waals surface area contributed by atoms with Crippen LogP contribution in [0.15, 0.2) is 0 Å². The molecule has 0 aromatic carbocycles. The molecule has 0 aromatic heterocycles. The Morgan fingerprint density at radius 3 is 2.71 bits per heavy atom. The van der Waals surface area contributed by atoms with Crippen molar-refractivity contribution in [2.45, 2.75) is 6.04 Å². The molecule has 0 aliphatic carbocycles. The maximum atomic E-state index is 10.4. The number of nitrogens with two attached hydrogens (primary N) is 1. The van der Waals surface area contributed by atoms with Crippen molar-refractivity contribution in [3.8, 4) is 0 Å². The SMILES string of the molecule is NC1CSCC1=O. The molecule has 2 nitrogen and oxygen atoms in total. The summed E-state index contributed by atoms with van der Waals surface area (Å²) in [5, 5.41) is 0. The molecule has 2 N–H and O–H groups in total. The van der Waals surface area contributed by atoms with Crippen molar-refractivity contribution in [3.63, 3.8) is 0 Å². The molecule has 1 fully saturated rings. The number of carbonyl (C=O) groups excluding carboxylic acids is 1. The molecule has 1 saturated heterocycles. The number of carbonyl (C=O) groups is 1. The molecule has 0 saturated carbocycles. The molecular formula is C4H7NOS. The fraction of sp³-hybridized carbons (Fsp3) is 0.750. The fourth-order valence-electron chi connectivity index (χ4n) is 0.486. The van der Waals surface area contributed by atoms with Crippen LogP contribution in [-0.2, 0) is 4.79 Å². The summed E-state index contributed by atoms with van der Waals surface area (Å²) in [6.07, 6.45) is 0. The maximum absolute atomic E-state index is 10.4. The van der Waals surface area contributed by atoms with Gasteiger partial charge < -0.3 is 5.73 Å². The predicted molar refractivity (Wildman–Crippen MR) is 30.3 cm³/mol. The standard InChI is InChI=1S/C4H7NOS/c5-3-1-7-2-4(3)6/h3H,1-2,5H2. The second-order valence-electron chi connectivity index (χ2n) is 1.59. The zero-order chi connectivity index (χ0) is 5.28. The molecule has 0 spiro atoms. The molecular weight excluding hydrogens is 110 g/mol. The van der Waals surface area contributed by atoms with Crippen LogP contribution < -0.4 is 5.73 Å². The fourth-order valence-corrected chi connectivity index (χ4v) is 1.46. The van der Waals surface area contributed by atoms with E-state index in [0.29, 0.717) is 5.75 Å². The number of rotatable bonds is 0. The van der Waals surface area contributed by atoms with Gasteiger partial charge in [0.2, 0.25) is 0 Å². The van der Waals surface area contributed by atoms with Crippen LogP contribution in [0.4, 0.5) is 0 Å². The van der Waals surface area contributed by atoms with Gasteiger partial charge in [0.25, 0.3) is 0 Å². The van der Waals surface area contributed by atoms with E-state index < -0.39 is 0 Å². The molecule has 0 aromatic rings. The summed E-state index contributed by atoms with van der Waals surface area (Å²) >= 11 is 1.62. The van der Waals surface area contributed by atoms with Gasteiger partial charge in [0.15, 0.2) is 5.78 Å². The maximum Gasteiger partial charge on any atom is 0.160 e. The number of hydrogen-bond acceptors (Lipinski definition) is 3. The zero-order valence-electron chi connectivity index (χ0n) is 3.89. The second-order valence-corrected chi connectivity index (χ2v) is 2.62. The summed E-state index contributed by atoms with van der Waals surface area (Å²) in [6.45, 7) is 0. The summed E-state index contributed by atoms with van der Waals surface area (Å²) in [7, 11) is 0. The van der Waals surface area contributed by atoms with Crippen molar-refractivity contribution in [2.24, 2.45) is 5.73 Å². The first-order chi connectivity index (χ1) is 3.30. The van der Waals surface area contributed by atoms with Gasteiger partial charge in [-0.1, -0.05) is 0 Å². The molecule has 3 heteroatoms. The average Bonchev–Trinajstić information content (AvgIpc) is 1.91. The molecule has 1 atom stereocenters. The van der Waals surface area contributed by atoms with Crippen molar-refractivity contribution >= 4 is 17.5 Å². The van der Waals surface area contributed by atoms with Gasteiger partial charge in [-0.3, -0.25) is 4.79 Å². The first kappa shape index (κ1) is 5.12. The molecule has 0 bridgehead atoms. The van der Waals surface area contributed by atoms with Crippen LogP contribution in [0.25, 0.3) is 0 Å². The zero-order valence-corrected chi connectivity index (χ0v) is 4.70. The lowest BCUT2D eigenvalue weighted by molar-refractivity contribution is -0.116. The van der Waals surface area contributed by atoms with Crippen molar-refractivity contribution in [1.82, 2.24) is 0 Å². The van der Waals surface area contributed by atoms with Gasteiger partial charge in [0, 0.05) is 5.75 Å². The van der Waals surface area contributed by atoms with E-state index in [2.05, 4.69) is 0 Å². The Kier molecular flexibility index (Phi) is 1.35. The van der Waals surface area contributed by atoms with E-state index in [1.165, 1.54) is 0 Å². The third-order valence-corrected chi connectivity index (χ3v) is 2.04. The molecule has 1 heterocycles. The molecule has 1 aliphatic rings. The molecule has 40 valence electrons. The molecule has 0 radical (unpaired) electrons. The topological polar surface area (TPSA) is 43.1 Å². The Labute approximate surface area is 46.5 Å². The number of thioether (sulfide) groups is 1. The highest BCUT2D eigenvalue weighted by Gasteiger charge is 2.19. The number of Topliss-reactive ketones (excluding diaryl/α,β-unsaturated/α-hetero) is 1. The summed E-state index contributed by atoms with van der Waals surface area (Å²) in [5.41, 5.74) is 5.31. The van der Waals surface area contributed by atoms with Gasteiger partial charge in [-0.25, -0.2) is 0 Å². The lowest BCUT2D eigenvalue weighted by Gasteiger charge is -1.90. The van der Waals surface area contributed by atoms with Gasteiger partial charge in [-0.2, -0.15) is 11.8 Å². The quantitative estimate of drug-likeness (QED) is 0.470. The minimum atomic E-state index is -0.162. The number of hydrogen-bond donors (Lipinski definition) is 1. The lowest BCUT2D eigenvalue weighted by Crippen LogP contribution is -2.27. The number of ketones is 1. The van der Waals surface area contributed by atoms with Gasteiger partial charge >= 0.3 is 0 Å².